The molecule has 1 amide bonds. The molecular formula is C18H19BrN2O2. The van der Waals surface area contributed by atoms with Gasteiger partial charge in [0.1, 0.15) is 0 Å². The molecule has 1 aliphatic rings. The van der Waals surface area contributed by atoms with E-state index in [1.54, 1.807) is 0 Å². The van der Waals surface area contributed by atoms with E-state index in [1.165, 1.54) is 5.69 Å². The first kappa shape index (κ1) is 16.0. The van der Waals surface area contributed by atoms with Crippen molar-refractivity contribution in [1.82, 2.24) is 0 Å². The Morgan fingerprint density at radius 3 is 2.35 bits per heavy atom. The predicted molar refractivity (Wildman–Crippen MR) is 95.9 cm³/mol. The number of hydrogen-bond donors (Lipinski definition) is 1. The third-order valence-corrected chi connectivity index (χ3v) is 4.33. The number of rotatable bonds is 4. The fourth-order valence-corrected chi connectivity index (χ4v) is 2.83. The molecule has 0 radical (unpaired) electrons. The van der Waals surface area contributed by atoms with Gasteiger partial charge in [-0.05, 0) is 42.0 Å². The number of carbonyl (C=O) groups excluding carboxylic acids is 1. The normalized spacial score (nSPS) is 14.6. The van der Waals surface area contributed by atoms with E-state index < -0.39 is 0 Å². The van der Waals surface area contributed by atoms with Crippen LogP contribution in [0.25, 0.3) is 0 Å². The van der Waals surface area contributed by atoms with E-state index >= 15 is 0 Å². The fraction of sp³-hybridized carbons (Fsp3) is 0.278. The zero-order valence-electron chi connectivity index (χ0n) is 12.8. The highest BCUT2D eigenvalue weighted by molar-refractivity contribution is 9.10. The summed E-state index contributed by atoms with van der Waals surface area (Å²) in [6, 6.07) is 15.8. The Labute approximate surface area is 144 Å². The molecule has 0 unspecified atom stereocenters. The number of amides is 1. The zero-order valence-corrected chi connectivity index (χ0v) is 14.4. The van der Waals surface area contributed by atoms with Crippen molar-refractivity contribution in [2.45, 2.75) is 6.42 Å². The topological polar surface area (TPSA) is 41.6 Å². The van der Waals surface area contributed by atoms with Crippen LogP contribution < -0.4 is 10.2 Å². The molecule has 0 aliphatic carbocycles. The molecule has 3 rings (SSSR count). The molecule has 1 saturated heterocycles. The van der Waals surface area contributed by atoms with Crippen molar-refractivity contribution < 1.29 is 9.53 Å². The van der Waals surface area contributed by atoms with Crippen LogP contribution >= 0.6 is 15.9 Å². The van der Waals surface area contributed by atoms with Crippen LogP contribution in [0.5, 0.6) is 0 Å². The van der Waals surface area contributed by atoms with Gasteiger partial charge in [-0.25, -0.2) is 0 Å². The third kappa shape index (κ3) is 4.56. The Bertz CT molecular complexity index is 650. The summed E-state index contributed by atoms with van der Waals surface area (Å²) in [7, 11) is 0. The number of ether oxygens (including phenoxy) is 1. The highest BCUT2D eigenvalue weighted by Crippen LogP contribution is 2.19. The van der Waals surface area contributed by atoms with Gasteiger partial charge in [0.2, 0.25) is 5.91 Å². The number of morpholine rings is 1. The fourth-order valence-electron chi connectivity index (χ4n) is 2.57. The molecular weight excluding hydrogens is 356 g/mol. The largest absolute Gasteiger partial charge is 0.378 e. The van der Waals surface area contributed by atoms with E-state index in [0.717, 1.165) is 42.0 Å². The Kier molecular flexibility index (Phi) is 5.31. The second-order valence-corrected chi connectivity index (χ2v) is 6.41. The number of anilines is 2. The van der Waals surface area contributed by atoms with Gasteiger partial charge in [-0.2, -0.15) is 0 Å². The maximum absolute atomic E-state index is 12.1. The smallest absolute Gasteiger partial charge is 0.228 e. The summed E-state index contributed by atoms with van der Waals surface area (Å²) in [5.74, 6) is -0.00792. The first-order valence-corrected chi connectivity index (χ1v) is 8.47. The second-order valence-electron chi connectivity index (χ2n) is 5.50. The lowest BCUT2D eigenvalue weighted by Crippen LogP contribution is -2.36. The maximum atomic E-state index is 12.1. The minimum atomic E-state index is -0.00792. The summed E-state index contributed by atoms with van der Waals surface area (Å²) < 4.78 is 6.37. The van der Waals surface area contributed by atoms with Gasteiger partial charge in [-0.1, -0.05) is 28.1 Å². The highest BCUT2D eigenvalue weighted by Gasteiger charge is 2.11. The Balaban J connectivity index is 1.57. The van der Waals surface area contributed by atoms with E-state index in [4.69, 9.17) is 4.74 Å². The average Bonchev–Trinajstić information content (AvgIpc) is 2.58. The van der Waals surface area contributed by atoms with E-state index in [2.05, 4.69) is 26.1 Å². The van der Waals surface area contributed by atoms with Crippen LogP contribution in [0.3, 0.4) is 0 Å². The van der Waals surface area contributed by atoms with Crippen molar-refractivity contribution in [1.29, 1.82) is 0 Å². The molecule has 1 N–H and O–H groups in total. The minimum Gasteiger partial charge on any atom is -0.378 e. The Hall–Kier alpha value is -1.85. The lowest BCUT2D eigenvalue weighted by Gasteiger charge is -2.28. The second kappa shape index (κ2) is 7.62. The van der Waals surface area contributed by atoms with Crippen molar-refractivity contribution in [2.24, 2.45) is 0 Å². The maximum Gasteiger partial charge on any atom is 0.228 e. The minimum absolute atomic E-state index is 0.00792. The Morgan fingerprint density at radius 2 is 1.70 bits per heavy atom. The molecule has 2 aromatic carbocycles. The van der Waals surface area contributed by atoms with Crippen LogP contribution in [0, 0.1) is 0 Å². The van der Waals surface area contributed by atoms with Crippen molar-refractivity contribution in [3.8, 4) is 0 Å². The van der Waals surface area contributed by atoms with Crippen molar-refractivity contribution in [2.75, 3.05) is 36.5 Å². The molecule has 0 aromatic heterocycles. The van der Waals surface area contributed by atoms with Gasteiger partial charge in [0.05, 0.1) is 19.6 Å². The van der Waals surface area contributed by atoms with Crippen molar-refractivity contribution >= 4 is 33.2 Å². The number of carbonyl (C=O) groups is 1. The van der Waals surface area contributed by atoms with Crippen LogP contribution in [-0.2, 0) is 16.0 Å². The molecule has 0 bridgehead atoms. The number of nitrogens with one attached hydrogen (secondary N) is 1. The number of hydrogen-bond acceptors (Lipinski definition) is 3. The summed E-state index contributed by atoms with van der Waals surface area (Å²) in [6.45, 7) is 3.36. The summed E-state index contributed by atoms with van der Waals surface area (Å²) in [4.78, 5) is 14.4. The molecule has 4 nitrogen and oxygen atoms in total. The van der Waals surface area contributed by atoms with Gasteiger partial charge < -0.3 is 15.0 Å². The van der Waals surface area contributed by atoms with Gasteiger partial charge in [-0.15, -0.1) is 0 Å². The van der Waals surface area contributed by atoms with Crippen LogP contribution in [-0.4, -0.2) is 32.2 Å². The predicted octanol–water partition coefficient (Wildman–Crippen LogP) is 3.47. The SMILES string of the molecule is O=C(Cc1ccc(Br)cc1)Nc1ccc(N2CCOCC2)cc1. The third-order valence-electron chi connectivity index (χ3n) is 3.81. The quantitative estimate of drug-likeness (QED) is 0.890. The van der Waals surface area contributed by atoms with Gasteiger partial charge in [0.25, 0.3) is 0 Å². The van der Waals surface area contributed by atoms with Crippen LogP contribution in [0.1, 0.15) is 5.56 Å². The van der Waals surface area contributed by atoms with Gasteiger partial charge >= 0.3 is 0 Å². The average molecular weight is 375 g/mol. The molecule has 120 valence electrons. The van der Waals surface area contributed by atoms with Crippen LogP contribution in [0.2, 0.25) is 0 Å². The first-order valence-electron chi connectivity index (χ1n) is 7.68. The summed E-state index contributed by atoms with van der Waals surface area (Å²) in [6.07, 6.45) is 0.374. The van der Waals surface area contributed by atoms with Crippen LogP contribution in [0.15, 0.2) is 53.0 Å². The molecule has 0 spiro atoms. The molecule has 23 heavy (non-hydrogen) atoms. The number of halogens is 1. The van der Waals surface area contributed by atoms with E-state index in [1.807, 2.05) is 48.5 Å². The first-order chi connectivity index (χ1) is 11.2. The molecule has 1 aliphatic heterocycles. The lowest BCUT2D eigenvalue weighted by molar-refractivity contribution is -0.115. The van der Waals surface area contributed by atoms with Gasteiger partial charge in [-0.3, -0.25) is 4.79 Å². The summed E-state index contributed by atoms with van der Waals surface area (Å²) >= 11 is 3.39. The van der Waals surface area contributed by atoms with Crippen molar-refractivity contribution in [3.63, 3.8) is 0 Å². The molecule has 1 heterocycles. The van der Waals surface area contributed by atoms with Gasteiger partial charge in [0.15, 0.2) is 0 Å². The lowest BCUT2D eigenvalue weighted by atomic mass is 10.1. The van der Waals surface area contributed by atoms with E-state index in [-0.39, 0.29) is 5.91 Å². The monoisotopic (exact) mass is 374 g/mol. The van der Waals surface area contributed by atoms with Gasteiger partial charge in [0, 0.05) is 28.9 Å². The molecule has 5 heteroatoms. The van der Waals surface area contributed by atoms with Crippen LogP contribution in [0.4, 0.5) is 11.4 Å². The molecule has 0 saturated carbocycles. The molecule has 2 aromatic rings. The molecule has 1 fully saturated rings. The summed E-state index contributed by atoms with van der Waals surface area (Å²) in [5.41, 5.74) is 2.99. The van der Waals surface area contributed by atoms with E-state index in [9.17, 15) is 4.79 Å². The zero-order chi connectivity index (χ0) is 16.1. The molecule has 0 atom stereocenters. The number of benzene rings is 2. The highest BCUT2D eigenvalue weighted by atomic mass is 79.9. The summed E-state index contributed by atoms with van der Waals surface area (Å²) in [5, 5.41) is 2.94. The Morgan fingerprint density at radius 1 is 1.04 bits per heavy atom. The van der Waals surface area contributed by atoms with Crippen molar-refractivity contribution in [3.05, 3.63) is 58.6 Å². The standard InChI is InChI=1S/C18H19BrN2O2/c19-15-3-1-14(2-4-15)13-18(22)20-16-5-7-17(8-6-16)21-9-11-23-12-10-21/h1-8H,9-13H2,(H,20,22). The van der Waals surface area contributed by atoms with E-state index in [0.29, 0.717) is 6.42 Å². The number of nitrogens with zero attached hydrogens (tertiary/aromatic N) is 1.